The van der Waals surface area contributed by atoms with Crippen LogP contribution in [0.3, 0.4) is 0 Å². The van der Waals surface area contributed by atoms with Gasteiger partial charge in [0.15, 0.2) is 0 Å². The van der Waals surface area contributed by atoms with Crippen LogP contribution in [0.5, 0.6) is 0 Å². The van der Waals surface area contributed by atoms with Crippen LogP contribution < -0.4 is 5.32 Å². The molecule has 0 saturated carbocycles. The van der Waals surface area contributed by atoms with E-state index in [1.54, 1.807) is 24.0 Å². The highest BCUT2D eigenvalue weighted by molar-refractivity contribution is 5.90. The molecule has 4 nitrogen and oxygen atoms in total. The topological polar surface area (TPSA) is 35.6 Å². The number of hydrogen-bond acceptors (Lipinski definition) is 2. The number of benzene rings is 1. The monoisotopic (exact) mass is 251 g/mol. The van der Waals surface area contributed by atoms with Gasteiger partial charge in [-0.25, -0.2) is 9.18 Å². The number of nitrogens with one attached hydrogen (secondary N) is 1. The van der Waals surface area contributed by atoms with Crippen molar-refractivity contribution in [2.45, 2.75) is 6.92 Å². The normalized spacial score (nSPS) is 16.7. The summed E-state index contributed by atoms with van der Waals surface area (Å²) in [5.41, 5.74) is 1.01. The van der Waals surface area contributed by atoms with Gasteiger partial charge in [0.05, 0.1) is 0 Å². The molecule has 0 atom stereocenters. The summed E-state index contributed by atoms with van der Waals surface area (Å²) in [7, 11) is 2.03. The van der Waals surface area contributed by atoms with Gasteiger partial charge in [0.2, 0.25) is 0 Å². The molecule has 0 bridgehead atoms. The average Bonchev–Trinajstić information content (AvgIpc) is 2.36. The lowest BCUT2D eigenvalue weighted by Gasteiger charge is -2.32. The van der Waals surface area contributed by atoms with E-state index in [0.29, 0.717) is 24.3 Å². The van der Waals surface area contributed by atoms with Crippen LogP contribution in [-0.2, 0) is 0 Å². The highest BCUT2D eigenvalue weighted by Crippen LogP contribution is 2.18. The van der Waals surface area contributed by atoms with Gasteiger partial charge in [0, 0.05) is 37.4 Å². The van der Waals surface area contributed by atoms with Crippen molar-refractivity contribution in [3.05, 3.63) is 29.6 Å². The summed E-state index contributed by atoms with van der Waals surface area (Å²) < 4.78 is 13.4. The second kappa shape index (κ2) is 5.35. The van der Waals surface area contributed by atoms with E-state index in [-0.39, 0.29) is 11.8 Å². The first kappa shape index (κ1) is 12.8. The Labute approximate surface area is 106 Å². The summed E-state index contributed by atoms with van der Waals surface area (Å²) in [6.07, 6.45) is 0. The first-order valence-electron chi connectivity index (χ1n) is 6.07. The molecule has 18 heavy (non-hydrogen) atoms. The van der Waals surface area contributed by atoms with Gasteiger partial charge in [-0.05, 0) is 26.1 Å². The number of carbonyl (C=O) groups excluding carboxylic acids is 1. The van der Waals surface area contributed by atoms with Gasteiger partial charge in [-0.1, -0.05) is 6.07 Å². The molecule has 98 valence electrons. The summed E-state index contributed by atoms with van der Waals surface area (Å²) in [4.78, 5) is 15.9. The largest absolute Gasteiger partial charge is 0.322 e. The van der Waals surface area contributed by atoms with Crippen molar-refractivity contribution in [1.82, 2.24) is 9.80 Å². The Morgan fingerprint density at radius 2 is 1.94 bits per heavy atom. The van der Waals surface area contributed by atoms with Gasteiger partial charge < -0.3 is 15.1 Å². The van der Waals surface area contributed by atoms with E-state index in [0.717, 1.165) is 13.1 Å². The first-order valence-corrected chi connectivity index (χ1v) is 6.07. The summed E-state index contributed by atoms with van der Waals surface area (Å²) in [6.45, 7) is 4.81. The number of anilines is 1. The molecule has 1 aromatic rings. The van der Waals surface area contributed by atoms with E-state index in [2.05, 4.69) is 10.2 Å². The van der Waals surface area contributed by atoms with Gasteiger partial charge in [0.1, 0.15) is 5.82 Å². The van der Waals surface area contributed by atoms with Crippen LogP contribution in [0.25, 0.3) is 0 Å². The molecule has 0 radical (unpaired) electrons. The molecule has 0 aromatic heterocycles. The third kappa shape index (κ3) is 2.79. The lowest BCUT2D eigenvalue weighted by molar-refractivity contribution is 0.164. The first-order chi connectivity index (χ1) is 8.58. The lowest BCUT2D eigenvalue weighted by Crippen LogP contribution is -2.48. The third-order valence-corrected chi connectivity index (χ3v) is 3.30. The standard InChI is InChI=1S/C13H18FN3O/c1-10-11(14)4-3-5-12(10)15-13(18)17-8-6-16(2)7-9-17/h3-5H,6-9H2,1-2H3,(H,15,18). The number of piperazine rings is 1. The van der Waals surface area contributed by atoms with Crippen molar-refractivity contribution in [1.29, 1.82) is 0 Å². The van der Waals surface area contributed by atoms with E-state index >= 15 is 0 Å². The predicted molar refractivity (Wildman–Crippen MR) is 69.2 cm³/mol. The third-order valence-electron chi connectivity index (χ3n) is 3.30. The number of rotatable bonds is 1. The fraction of sp³-hybridized carbons (Fsp3) is 0.462. The number of hydrogen-bond donors (Lipinski definition) is 1. The molecule has 0 spiro atoms. The molecule has 2 amide bonds. The number of nitrogens with zero attached hydrogens (tertiary/aromatic N) is 2. The number of likely N-dealkylation sites (N-methyl/N-ethyl adjacent to an activating group) is 1. The summed E-state index contributed by atoms with van der Waals surface area (Å²) >= 11 is 0. The fourth-order valence-electron chi connectivity index (χ4n) is 1.95. The molecular weight excluding hydrogens is 233 g/mol. The Kier molecular flexibility index (Phi) is 3.81. The molecule has 1 N–H and O–H groups in total. The van der Waals surface area contributed by atoms with Gasteiger partial charge in [-0.15, -0.1) is 0 Å². The van der Waals surface area contributed by atoms with Gasteiger partial charge >= 0.3 is 6.03 Å². The molecule has 5 heteroatoms. The van der Waals surface area contributed by atoms with Crippen molar-refractivity contribution in [3.63, 3.8) is 0 Å². The molecule has 1 aromatic carbocycles. The summed E-state index contributed by atoms with van der Waals surface area (Å²) in [5.74, 6) is -0.300. The SMILES string of the molecule is Cc1c(F)cccc1NC(=O)N1CCN(C)CC1. The molecule has 0 aliphatic carbocycles. The summed E-state index contributed by atoms with van der Waals surface area (Å²) in [6, 6.07) is 4.55. The maximum absolute atomic E-state index is 13.4. The number of halogens is 1. The molecule has 1 saturated heterocycles. The van der Waals surface area contributed by atoms with Crippen LogP contribution >= 0.6 is 0 Å². The number of amides is 2. The Balaban J connectivity index is 2.01. The van der Waals surface area contributed by atoms with Crippen LogP contribution in [-0.4, -0.2) is 49.1 Å². The van der Waals surface area contributed by atoms with E-state index in [1.165, 1.54) is 6.07 Å². The Morgan fingerprint density at radius 3 is 2.61 bits per heavy atom. The zero-order chi connectivity index (χ0) is 13.1. The van der Waals surface area contributed by atoms with Gasteiger partial charge in [0.25, 0.3) is 0 Å². The van der Waals surface area contributed by atoms with Crippen LogP contribution in [0.1, 0.15) is 5.56 Å². The van der Waals surface area contributed by atoms with E-state index in [4.69, 9.17) is 0 Å². The fourth-order valence-corrected chi connectivity index (χ4v) is 1.95. The van der Waals surface area contributed by atoms with Crippen molar-refractivity contribution in [2.75, 3.05) is 38.5 Å². The van der Waals surface area contributed by atoms with Gasteiger partial charge in [-0.2, -0.15) is 0 Å². The van der Waals surface area contributed by atoms with E-state index < -0.39 is 0 Å². The molecule has 1 heterocycles. The number of carbonyl (C=O) groups is 1. The smallest absolute Gasteiger partial charge is 0.321 e. The second-order valence-corrected chi connectivity index (χ2v) is 4.63. The minimum Gasteiger partial charge on any atom is -0.322 e. The molecule has 1 aliphatic rings. The maximum atomic E-state index is 13.4. The second-order valence-electron chi connectivity index (χ2n) is 4.63. The quantitative estimate of drug-likeness (QED) is 0.827. The van der Waals surface area contributed by atoms with Crippen molar-refractivity contribution in [2.24, 2.45) is 0 Å². The minimum atomic E-state index is -0.300. The lowest BCUT2D eigenvalue weighted by atomic mass is 10.2. The predicted octanol–water partition coefficient (Wildman–Crippen LogP) is 1.91. The van der Waals surface area contributed by atoms with Crippen molar-refractivity contribution < 1.29 is 9.18 Å². The minimum absolute atomic E-state index is 0.156. The van der Waals surface area contributed by atoms with Crippen LogP contribution in [0.4, 0.5) is 14.9 Å². The van der Waals surface area contributed by atoms with Crippen LogP contribution in [0.15, 0.2) is 18.2 Å². The van der Waals surface area contributed by atoms with E-state index in [9.17, 15) is 9.18 Å². The molecular formula is C13H18FN3O. The average molecular weight is 251 g/mol. The molecule has 1 aliphatic heterocycles. The van der Waals surface area contributed by atoms with E-state index in [1.807, 2.05) is 7.05 Å². The highest BCUT2D eigenvalue weighted by Gasteiger charge is 2.19. The van der Waals surface area contributed by atoms with Gasteiger partial charge in [-0.3, -0.25) is 0 Å². The van der Waals surface area contributed by atoms with Crippen LogP contribution in [0, 0.1) is 12.7 Å². The molecule has 0 unspecified atom stereocenters. The zero-order valence-corrected chi connectivity index (χ0v) is 10.7. The Bertz CT molecular complexity index is 442. The Hall–Kier alpha value is -1.62. The molecule has 2 rings (SSSR count). The Morgan fingerprint density at radius 1 is 1.28 bits per heavy atom. The maximum Gasteiger partial charge on any atom is 0.321 e. The highest BCUT2D eigenvalue weighted by atomic mass is 19.1. The van der Waals surface area contributed by atoms with Crippen LogP contribution in [0.2, 0.25) is 0 Å². The molecule has 1 fully saturated rings. The number of urea groups is 1. The zero-order valence-electron chi connectivity index (χ0n) is 10.7. The van der Waals surface area contributed by atoms with Crippen molar-refractivity contribution >= 4 is 11.7 Å². The summed E-state index contributed by atoms with van der Waals surface area (Å²) in [5, 5.41) is 2.76. The van der Waals surface area contributed by atoms with Crippen molar-refractivity contribution in [3.8, 4) is 0 Å².